The second-order valence-electron chi connectivity index (χ2n) is 9.43. The molecule has 0 fully saturated rings. The van der Waals surface area contributed by atoms with Crippen molar-refractivity contribution in [3.05, 3.63) is 24.3 Å². The molecule has 0 aliphatic heterocycles. The van der Waals surface area contributed by atoms with Crippen LogP contribution in [0.3, 0.4) is 0 Å². The van der Waals surface area contributed by atoms with Gasteiger partial charge in [0.15, 0.2) is 0 Å². The molecule has 0 saturated heterocycles. The average molecular weight is 636 g/mol. The van der Waals surface area contributed by atoms with Crippen LogP contribution < -0.4 is 10.5 Å². The third kappa shape index (κ3) is 29.1. The molecule has 0 aliphatic rings. The molecular formula is C31H57NO12. The topological polar surface area (TPSA) is 137 Å². The SMILES string of the molecule is CC(C)OCCOCCOCCOCCOCCOCCOCCOCCOCCOCCOCCOc1ccccc1N. The van der Waals surface area contributed by atoms with Crippen LogP contribution >= 0.6 is 0 Å². The van der Waals surface area contributed by atoms with Crippen LogP contribution in [-0.2, 0) is 52.1 Å². The van der Waals surface area contributed by atoms with Crippen molar-refractivity contribution in [1.29, 1.82) is 0 Å². The minimum absolute atomic E-state index is 0.230. The van der Waals surface area contributed by atoms with Crippen molar-refractivity contribution in [3.8, 4) is 5.75 Å². The molecule has 258 valence electrons. The highest BCUT2D eigenvalue weighted by Crippen LogP contribution is 2.19. The highest BCUT2D eigenvalue weighted by molar-refractivity contribution is 5.51. The summed E-state index contributed by atoms with van der Waals surface area (Å²) in [6.07, 6.45) is 0.230. The molecule has 0 bridgehead atoms. The van der Waals surface area contributed by atoms with E-state index in [4.69, 9.17) is 62.6 Å². The van der Waals surface area contributed by atoms with Crippen LogP contribution in [0, 0.1) is 0 Å². The van der Waals surface area contributed by atoms with Gasteiger partial charge in [-0.15, -0.1) is 0 Å². The second-order valence-corrected chi connectivity index (χ2v) is 9.43. The van der Waals surface area contributed by atoms with Gasteiger partial charge in [0, 0.05) is 0 Å². The Morgan fingerprint density at radius 1 is 0.409 bits per heavy atom. The molecule has 0 heterocycles. The molecule has 2 N–H and O–H groups in total. The molecule has 0 spiro atoms. The minimum Gasteiger partial charge on any atom is -0.489 e. The van der Waals surface area contributed by atoms with Crippen molar-refractivity contribution in [3.63, 3.8) is 0 Å². The van der Waals surface area contributed by atoms with Gasteiger partial charge in [-0.05, 0) is 26.0 Å². The lowest BCUT2D eigenvalue weighted by Crippen LogP contribution is -2.15. The van der Waals surface area contributed by atoms with E-state index < -0.39 is 0 Å². The molecule has 0 radical (unpaired) electrons. The summed E-state index contributed by atoms with van der Waals surface area (Å²) in [5.41, 5.74) is 6.43. The summed E-state index contributed by atoms with van der Waals surface area (Å²) in [6.45, 7) is 15.4. The molecule has 0 saturated carbocycles. The first kappa shape index (κ1) is 40.4. The normalized spacial score (nSPS) is 11.5. The number of anilines is 1. The molecule has 1 aromatic carbocycles. The van der Waals surface area contributed by atoms with Gasteiger partial charge in [0.05, 0.1) is 151 Å². The number of rotatable bonds is 35. The van der Waals surface area contributed by atoms with E-state index in [1.54, 1.807) is 6.07 Å². The quantitative estimate of drug-likeness (QED) is 0.0863. The first-order valence-corrected chi connectivity index (χ1v) is 15.6. The lowest BCUT2D eigenvalue weighted by atomic mass is 10.3. The molecule has 13 heteroatoms. The van der Waals surface area contributed by atoms with E-state index in [0.717, 1.165) is 0 Å². The fourth-order valence-electron chi connectivity index (χ4n) is 3.25. The Balaban J connectivity index is 1.63. The predicted octanol–water partition coefficient (Wildman–Crippen LogP) is 2.24. The molecule has 0 atom stereocenters. The highest BCUT2D eigenvalue weighted by atomic mass is 16.6. The van der Waals surface area contributed by atoms with Gasteiger partial charge in [0.1, 0.15) is 12.4 Å². The summed E-state index contributed by atoms with van der Waals surface area (Å²) in [7, 11) is 0. The summed E-state index contributed by atoms with van der Waals surface area (Å²) >= 11 is 0. The maximum absolute atomic E-state index is 5.82. The molecule has 0 aliphatic carbocycles. The summed E-state index contributed by atoms with van der Waals surface area (Å²) in [4.78, 5) is 0. The summed E-state index contributed by atoms with van der Waals surface area (Å²) in [5.74, 6) is 0.669. The van der Waals surface area contributed by atoms with Crippen molar-refractivity contribution in [2.45, 2.75) is 20.0 Å². The standard InChI is InChI=1S/C31H57NO12/c1-29(2)43-27-25-41-23-21-39-19-17-37-15-13-35-11-9-33-7-8-34-10-12-36-14-16-38-18-20-40-22-24-42-26-28-44-31-6-4-3-5-30(31)32/h3-6,29H,7-28,32H2,1-2H3. The smallest absolute Gasteiger partial charge is 0.142 e. The van der Waals surface area contributed by atoms with Crippen LogP contribution in [0.5, 0.6) is 5.75 Å². The highest BCUT2D eigenvalue weighted by Gasteiger charge is 1.99. The van der Waals surface area contributed by atoms with Crippen LogP contribution in [0.2, 0.25) is 0 Å². The van der Waals surface area contributed by atoms with Gasteiger partial charge in [-0.2, -0.15) is 0 Å². The van der Waals surface area contributed by atoms with Crippen molar-refractivity contribution >= 4 is 5.69 Å². The Hall–Kier alpha value is -1.62. The molecular weight excluding hydrogens is 578 g/mol. The average Bonchev–Trinajstić information content (AvgIpc) is 3.02. The Bertz CT molecular complexity index is 716. The lowest BCUT2D eigenvalue weighted by Gasteiger charge is -2.10. The van der Waals surface area contributed by atoms with E-state index >= 15 is 0 Å². The molecule has 0 aromatic heterocycles. The van der Waals surface area contributed by atoms with E-state index in [0.29, 0.717) is 157 Å². The fraction of sp³-hybridized carbons (Fsp3) is 0.806. The number of nitrogens with two attached hydrogens (primary N) is 1. The van der Waals surface area contributed by atoms with E-state index in [-0.39, 0.29) is 6.10 Å². The Labute approximate surface area is 263 Å². The number of hydrogen-bond acceptors (Lipinski definition) is 13. The zero-order valence-electron chi connectivity index (χ0n) is 26.9. The molecule has 13 nitrogen and oxygen atoms in total. The first-order chi connectivity index (χ1) is 21.7. The fourth-order valence-corrected chi connectivity index (χ4v) is 3.25. The first-order valence-electron chi connectivity index (χ1n) is 15.6. The zero-order chi connectivity index (χ0) is 31.6. The Morgan fingerprint density at radius 2 is 0.682 bits per heavy atom. The number of benzene rings is 1. The van der Waals surface area contributed by atoms with E-state index in [1.807, 2.05) is 32.0 Å². The van der Waals surface area contributed by atoms with Gasteiger partial charge in [-0.1, -0.05) is 12.1 Å². The summed E-state index contributed by atoms with van der Waals surface area (Å²) in [5, 5.41) is 0. The summed E-state index contributed by atoms with van der Waals surface area (Å²) < 4.78 is 65.6. The van der Waals surface area contributed by atoms with Crippen molar-refractivity contribution in [1.82, 2.24) is 0 Å². The van der Waals surface area contributed by atoms with Crippen molar-refractivity contribution in [2.75, 3.05) is 151 Å². The third-order valence-electron chi connectivity index (χ3n) is 5.43. The Morgan fingerprint density at radius 3 is 0.977 bits per heavy atom. The second kappa shape index (κ2) is 32.8. The number of ether oxygens (including phenoxy) is 12. The number of hydrogen-bond donors (Lipinski definition) is 1. The molecule has 0 amide bonds. The van der Waals surface area contributed by atoms with E-state index in [1.165, 1.54) is 0 Å². The van der Waals surface area contributed by atoms with Crippen LogP contribution in [0.25, 0.3) is 0 Å². The Kier molecular flexibility index (Phi) is 30.1. The molecule has 1 rings (SSSR count). The molecule has 1 aromatic rings. The number of nitrogen functional groups attached to an aromatic ring is 1. The molecule has 0 unspecified atom stereocenters. The lowest BCUT2D eigenvalue weighted by molar-refractivity contribution is -0.0288. The predicted molar refractivity (Wildman–Crippen MR) is 166 cm³/mol. The zero-order valence-corrected chi connectivity index (χ0v) is 26.9. The minimum atomic E-state index is 0.230. The third-order valence-corrected chi connectivity index (χ3v) is 5.43. The van der Waals surface area contributed by atoms with Crippen LogP contribution in [0.15, 0.2) is 24.3 Å². The maximum Gasteiger partial charge on any atom is 0.142 e. The van der Waals surface area contributed by atoms with E-state index in [9.17, 15) is 0 Å². The van der Waals surface area contributed by atoms with Crippen molar-refractivity contribution in [2.24, 2.45) is 0 Å². The van der Waals surface area contributed by atoms with Crippen LogP contribution in [-0.4, -0.2) is 151 Å². The van der Waals surface area contributed by atoms with Gasteiger partial charge in [-0.3, -0.25) is 0 Å². The summed E-state index contributed by atoms with van der Waals surface area (Å²) in [6, 6.07) is 7.38. The van der Waals surface area contributed by atoms with E-state index in [2.05, 4.69) is 0 Å². The van der Waals surface area contributed by atoms with Crippen LogP contribution in [0.1, 0.15) is 13.8 Å². The maximum atomic E-state index is 5.82. The van der Waals surface area contributed by atoms with Crippen LogP contribution in [0.4, 0.5) is 5.69 Å². The largest absolute Gasteiger partial charge is 0.489 e. The van der Waals surface area contributed by atoms with Gasteiger partial charge in [-0.25, -0.2) is 0 Å². The molecule has 44 heavy (non-hydrogen) atoms. The van der Waals surface area contributed by atoms with Crippen molar-refractivity contribution < 1.29 is 56.8 Å². The number of para-hydroxylation sites is 2. The van der Waals surface area contributed by atoms with Gasteiger partial charge in [0.25, 0.3) is 0 Å². The van der Waals surface area contributed by atoms with Gasteiger partial charge in [0.2, 0.25) is 0 Å². The van der Waals surface area contributed by atoms with Gasteiger partial charge >= 0.3 is 0 Å². The van der Waals surface area contributed by atoms with Gasteiger partial charge < -0.3 is 62.6 Å². The monoisotopic (exact) mass is 635 g/mol.